The second-order valence-electron chi connectivity index (χ2n) is 34.0. The van der Waals surface area contributed by atoms with E-state index in [2.05, 4.69) is 71.8 Å². The van der Waals surface area contributed by atoms with Crippen LogP contribution in [-0.4, -0.2) is 268 Å². The number of anilines is 3. The van der Waals surface area contributed by atoms with Crippen molar-refractivity contribution in [3.63, 3.8) is 0 Å². The second-order valence-corrected chi connectivity index (χ2v) is 39.4. The maximum absolute atomic E-state index is 12.3. The van der Waals surface area contributed by atoms with Crippen LogP contribution < -0.4 is 35.5 Å². The minimum atomic E-state index is -1.52. The van der Waals surface area contributed by atoms with Gasteiger partial charge in [0.1, 0.15) is 101 Å². The van der Waals surface area contributed by atoms with Crippen molar-refractivity contribution >= 4 is 50.1 Å². The quantitative estimate of drug-likeness (QED) is 0.0214. The van der Waals surface area contributed by atoms with Gasteiger partial charge in [0.05, 0.1) is 55.3 Å². The monoisotopic (exact) mass is 1710 g/mol. The lowest BCUT2D eigenvalue weighted by molar-refractivity contribution is 0.0149. The summed E-state index contributed by atoms with van der Waals surface area (Å²) in [4.78, 5) is 57.0. The molecule has 3 fully saturated rings. The molecule has 36 heteroatoms. The first-order chi connectivity index (χ1) is 57.0. The molecule has 658 valence electrons. The Morgan fingerprint density at radius 1 is 0.496 bits per heavy atom. The van der Waals surface area contributed by atoms with Crippen LogP contribution in [0.2, 0.25) is 19.6 Å². The minimum absolute atomic E-state index is 0. The SMILES string of the molecule is CNCC(O)COc1cccc(-c2nc(NC3CCOCC3)c(C)c(-c3c(C)nnn3C)n2)c1.Cc1nnn(C)c1-c1nc(-c2cccc(OCC(O)CN(C)C(=O)OC(C)(C)C)c2)nc(NC2CCOCC2)c1C.Cc1nnn(C[Si](C)(C)C)c1-c1nc(-c2cccc(OCC(O)CN(C)C(=O)OC(C)(C)C)c2)nc(NC2CCOCC2)c1C.Cl. The number of aliphatic hydroxyl groups is 3. The van der Waals surface area contributed by atoms with Gasteiger partial charge in [-0.2, -0.15) is 0 Å². The van der Waals surface area contributed by atoms with E-state index in [-0.39, 0.29) is 63.4 Å². The summed E-state index contributed by atoms with van der Waals surface area (Å²) >= 11 is 0. The fourth-order valence-corrected chi connectivity index (χ4v) is 14.7. The lowest BCUT2D eigenvalue weighted by Gasteiger charge is -2.26. The number of aromatic nitrogens is 15. The summed E-state index contributed by atoms with van der Waals surface area (Å²) in [5.41, 5.74) is 11.3. The molecule has 3 atom stereocenters. The van der Waals surface area contributed by atoms with Crippen LogP contribution in [0.5, 0.6) is 17.2 Å². The van der Waals surface area contributed by atoms with Gasteiger partial charge in [-0.1, -0.05) is 71.7 Å². The number of nitrogens with zero attached hydrogens (tertiary/aromatic N) is 17. The Morgan fingerprint density at radius 3 is 1.12 bits per heavy atom. The fourth-order valence-electron chi connectivity index (χ4n) is 13.6. The summed E-state index contributed by atoms with van der Waals surface area (Å²) in [5, 5.41) is 70.6. The van der Waals surface area contributed by atoms with Crippen molar-refractivity contribution in [1.29, 1.82) is 0 Å². The van der Waals surface area contributed by atoms with E-state index < -0.39 is 49.8 Å². The van der Waals surface area contributed by atoms with Crippen molar-refractivity contribution in [1.82, 2.24) is 90.0 Å². The van der Waals surface area contributed by atoms with Gasteiger partial charge in [-0.05, 0) is 165 Å². The maximum atomic E-state index is 12.3. The molecule has 0 radical (unpaired) electrons. The van der Waals surface area contributed by atoms with Gasteiger partial charge in [0, 0.05) is 132 Å². The van der Waals surface area contributed by atoms with Gasteiger partial charge >= 0.3 is 12.2 Å². The van der Waals surface area contributed by atoms with E-state index in [0.717, 1.165) is 160 Å². The number of aryl methyl sites for hydroxylation is 5. The molecule has 0 bridgehead atoms. The van der Waals surface area contributed by atoms with E-state index in [1.54, 1.807) is 78.1 Å². The van der Waals surface area contributed by atoms with Crippen LogP contribution in [0.25, 0.3) is 68.3 Å². The molecule has 0 spiro atoms. The van der Waals surface area contributed by atoms with Crippen molar-refractivity contribution in [3.05, 3.63) is 107 Å². The molecular formula is C85H124ClN21O13Si. The molecule has 34 nitrogen and oxygen atoms in total. The Morgan fingerprint density at radius 2 is 0.810 bits per heavy atom. The van der Waals surface area contributed by atoms with E-state index in [4.69, 9.17) is 67.8 Å². The number of rotatable bonds is 29. The van der Waals surface area contributed by atoms with Crippen LogP contribution in [0, 0.1) is 41.5 Å². The molecule has 3 aliphatic rings. The van der Waals surface area contributed by atoms with Crippen molar-refractivity contribution in [2.24, 2.45) is 14.1 Å². The number of hydrogen-bond acceptors (Lipinski definition) is 29. The molecule has 7 N–H and O–H groups in total. The average Bonchev–Trinajstić information content (AvgIpc) is 1.73. The fraction of sp³-hybridized carbons (Fsp3) is 0.553. The van der Waals surface area contributed by atoms with Crippen LogP contribution in [0.15, 0.2) is 72.8 Å². The van der Waals surface area contributed by atoms with Crippen molar-refractivity contribution in [2.75, 3.05) is 116 Å². The standard InChI is InChI=1S/C32H49N7O5Si.C29H41N7O5.C24H33N7O3.ClH/c1-21-27(28-22(2)36-37-39(28)20-45(7,8)9)34-30(35-29(21)33-24-13-15-42-16-14-24)23-11-10-12-26(17-23)43-19-25(40)18-38(6)31(41)44-32(3,4)5;1-18-24(25-19(2)33-34-36(25)7)31-27(32-26(18)30-21-11-13-39-14-12-21)20-9-8-10-23(15-20)40-17-22(37)16-35(6)28(38)41-29(3,4)5;1-15-21(22-16(2)29-30-31(22)4)27-24(28-23(15)26-18-8-10-33-11-9-18)17-6-5-7-20(12-17)34-14-19(32)13-25-3;/h10-12,17,24-25,40H,13-16,18-20H2,1-9H3,(H,33,34,35);8-10,15,21-22,37H,11-14,16-17H2,1-7H3,(H,30,31,32);5-7,12,18-19,25,32H,8-11,13-14H2,1-4H3,(H,26,27,28);1H. The zero-order chi connectivity index (χ0) is 86.8. The van der Waals surface area contributed by atoms with E-state index in [1.807, 2.05) is 127 Å². The number of halogens is 1. The molecule has 0 saturated carbocycles. The third kappa shape index (κ3) is 27.4. The van der Waals surface area contributed by atoms with Crippen LogP contribution in [0.3, 0.4) is 0 Å². The third-order valence-electron chi connectivity index (χ3n) is 19.7. The molecule has 3 unspecified atom stereocenters. The van der Waals surface area contributed by atoms with E-state index >= 15 is 0 Å². The highest BCUT2D eigenvalue weighted by atomic mass is 35.5. The average molecular weight is 1710 g/mol. The summed E-state index contributed by atoms with van der Waals surface area (Å²) in [6, 6.07) is 23.3. The highest BCUT2D eigenvalue weighted by Gasteiger charge is 2.30. The molecule has 121 heavy (non-hydrogen) atoms. The number of aliphatic hydroxyl groups excluding tert-OH is 3. The predicted octanol–water partition coefficient (Wildman–Crippen LogP) is 11.4. The van der Waals surface area contributed by atoms with Gasteiger partial charge in [-0.3, -0.25) is 0 Å². The lowest BCUT2D eigenvalue weighted by Crippen LogP contribution is -2.40. The molecule has 3 aliphatic heterocycles. The van der Waals surface area contributed by atoms with E-state index in [0.29, 0.717) is 67.7 Å². The Labute approximate surface area is 716 Å². The molecule has 3 saturated heterocycles. The van der Waals surface area contributed by atoms with Gasteiger partial charge in [-0.25, -0.2) is 53.5 Å². The number of benzene rings is 3. The number of hydrogen-bond donors (Lipinski definition) is 7. The number of carbonyl (C=O) groups is 2. The molecule has 9 aromatic rings. The molecular weight excluding hydrogens is 1590 g/mol. The van der Waals surface area contributed by atoms with E-state index in [1.165, 1.54) is 9.80 Å². The lowest BCUT2D eigenvalue weighted by atomic mass is 10.1. The highest BCUT2D eigenvalue weighted by Crippen LogP contribution is 2.37. The zero-order valence-electron chi connectivity index (χ0n) is 73.8. The first-order valence-corrected chi connectivity index (χ1v) is 44.8. The molecule has 3 aromatic carbocycles. The summed E-state index contributed by atoms with van der Waals surface area (Å²) in [6.45, 7) is 34.7. The summed E-state index contributed by atoms with van der Waals surface area (Å²) < 4.78 is 50.4. The molecule has 12 rings (SSSR count). The van der Waals surface area contributed by atoms with Crippen molar-refractivity contribution in [3.8, 4) is 85.6 Å². The number of ether oxygens (including phenoxy) is 8. The van der Waals surface area contributed by atoms with Crippen molar-refractivity contribution < 1.29 is 62.8 Å². The van der Waals surface area contributed by atoms with Crippen LogP contribution >= 0.6 is 12.4 Å². The van der Waals surface area contributed by atoms with Gasteiger partial charge in [0.2, 0.25) is 0 Å². The summed E-state index contributed by atoms with van der Waals surface area (Å²) in [5.74, 6) is 5.72. The first-order valence-electron chi connectivity index (χ1n) is 41.1. The Bertz CT molecular complexity index is 4840. The zero-order valence-corrected chi connectivity index (χ0v) is 75.6. The molecule has 9 heterocycles. The van der Waals surface area contributed by atoms with Gasteiger partial charge in [-0.15, -0.1) is 27.7 Å². The van der Waals surface area contributed by atoms with Crippen LogP contribution in [-0.2, 0) is 43.9 Å². The van der Waals surface area contributed by atoms with Crippen LogP contribution in [0.1, 0.15) is 114 Å². The summed E-state index contributed by atoms with van der Waals surface area (Å²) in [6.07, 6.45) is 2.86. The molecule has 0 aliphatic carbocycles. The van der Waals surface area contributed by atoms with Crippen molar-refractivity contribution in [2.45, 2.75) is 195 Å². The number of amides is 2. The summed E-state index contributed by atoms with van der Waals surface area (Å²) in [7, 11) is 7.15. The predicted molar refractivity (Wildman–Crippen MR) is 469 cm³/mol. The van der Waals surface area contributed by atoms with Gasteiger partial charge < -0.3 is 84.3 Å². The van der Waals surface area contributed by atoms with Gasteiger partial charge in [0.15, 0.2) is 17.5 Å². The largest absolute Gasteiger partial charge is 0.491 e. The molecule has 2 amide bonds. The molecule has 6 aromatic heterocycles. The highest BCUT2D eigenvalue weighted by molar-refractivity contribution is 6.75. The number of likely N-dealkylation sites (N-methyl/N-ethyl adjacent to an activating group) is 3. The smallest absolute Gasteiger partial charge is 0.410 e. The number of nitrogens with one attached hydrogen (secondary N) is 4. The number of carbonyl (C=O) groups excluding carboxylic acids is 2. The normalized spacial score (nSPS) is 15.0. The van der Waals surface area contributed by atoms with Gasteiger partial charge in [0.25, 0.3) is 0 Å². The first kappa shape index (κ1) is 94.7. The third-order valence-corrected chi connectivity index (χ3v) is 21.0. The van der Waals surface area contributed by atoms with E-state index in [9.17, 15) is 24.9 Å². The Kier molecular flexibility index (Phi) is 33.7. The Hall–Kier alpha value is -10.1. The Balaban J connectivity index is 0.000000207. The van der Waals surface area contributed by atoms with Crippen LogP contribution in [0.4, 0.5) is 27.0 Å². The minimum Gasteiger partial charge on any atom is -0.491 e. The second kappa shape index (κ2) is 43.1. The topological polar surface area (TPSA) is 393 Å². The maximum Gasteiger partial charge on any atom is 0.410 e.